The van der Waals surface area contributed by atoms with Gasteiger partial charge in [0.05, 0.1) is 22.5 Å². The van der Waals surface area contributed by atoms with Crippen LogP contribution in [0.5, 0.6) is 11.5 Å². The van der Waals surface area contributed by atoms with Gasteiger partial charge in [0.25, 0.3) is 0 Å². The van der Waals surface area contributed by atoms with E-state index in [-0.39, 0.29) is 6.04 Å². The molecule has 0 saturated carbocycles. The van der Waals surface area contributed by atoms with Crippen molar-refractivity contribution >= 4 is 21.8 Å². The van der Waals surface area contributed by atoms with Gasteiger partial charge < -0.3 is 14.1 Å². The molecule has 4 aromatic rings. The van der Waals surface area contributed by atoms with E-state index >= 15 is 0 Å². The minimum atomic E-state index is 0.139. The van der Waals surface area contributed by atoms with Gasteiger partial charge in [-0.1, -0.05) is 48.5 Å². The minimum Gasteiger partial charge on any atom is -0.489 e. The monoisotopic (exact) mass is 344 g/mol. The molecular formula is C22H20N2O2. The largest absolute Gasteiger partial charge is 0.489 e. The Morgan fingerprint density at radius 3 is 2.73 bits per heavy atom. The predicted molar refractivity (Wildman–Crippen MR) is 104 cm³/mol. The lowest BCUT2D eigenvalue weighted by Gasteiger charge is -2.27. The maximum Gasteiger partial charge on any atom is 0.157 e. The summed E-state index contributed by atoms with van der Waals surface area (Å²) in [7, 11) is 0. The van der Waals surface area contributed by atoms with Crippen molar-refractivity contribution in [1.29, 1.82) is 0 Å². The fourth-order valence-corrected chi connectivity index (χ4v) is 3.92. The Balaban J connectivity index is 1.84. The van der Waals surface area contributed by atoms with Crippen LogP contribution in [-0.4, -0.2) is 17.7 Å². The first kappa shape index (κ1) is 15.3. The molecule has 1 N–H and O–H groups in total. The van der Waals surface area contributed by atoms with E-state index < -0.39 is 0 Å². The summed E-state index contributed by atoms with van der Waals surface area (Å²) in [5.41, 5.74) is 6.53. The zero-order valence-electron chi connectivity index (χ0n) is 14.6. The molecule has 26 heavy (non-hydrogen) atoms. The number of nitrogens with one attached hydrogen (secondary N) is 1. The van der Waals surface area contributed by atoms with Crippen molar-refractivity contribution in [2.24, 2.45) is 0 Å². The molecule has 0 saturated heterocycles. The normalized spacial score (nSPS) is 16.0. The molecule has 5 rings (SSSR count). The Labute approximate surface area is 151 Å². The Morgan fingerprint density at radius 1 is 1.04 bits per heavy atom. The fourth-order valence-electron chi connectivity index (χ4n) is 3.92. The fraction of sp³-hybridized carbons (Fsp3) is 0.182. The van der Waals surface area contributed by atoms with Gasteiger partial charge in [-0.2, -0.15) is 5.48 Å². The lowest BCUT2D eigenvalue weighted by atomic mass is 10.1. The van der Waals surface area contributed by atoms with Crippen molar-refractivity contribution in [1.82, 2.24) is 10.0 Å². The first-order valence-corrected chi connectivity index (χ1v) is 9.01. The second-order valence-electron chi connectivity index (χ2n) is 6.51. The van der Waals surface area contributed by atoms with E-state index in [0.717, 1.165) is 34.3 Å². The lowest BCUT2D eigenvalue weighted by Crippen LogP contribution is -2.22. The quantitative estimate of drug-likeness (QED) is 0.546. The second kappa shape index (κ2) is 6.07. The molecule has 4 nitrogen and oxygen atoms in total. The number of para-hydroxylation sites is 1. The van der Waals surface area contributed by atoms with E-state index in [4.69, 9.17) is 9.57 Å². The van der Waals surface area contributed by atoms with Crippen LogP contribution in [0, 0.1) is 0 Å². The van der Waals surface area contributed by atoms with E-state index in [0.29, 0.717) is 6.61 Å². The molecule has 0 fully saturated rings. The number of nitrogens with zero attached hydrogens (tertiary/aromatic N) is 1. The SMILES string of the molecule is CCNOc1cccc2c1c1cccc3c1n2C(c1ccccc1)CO3. The van der Waals surface area contributed by atoms with Crippen molar-refractivity contribution in [3.05, 3.63) is 72.3 Å². The van der Waals surface area contributed by atoms with Crippen LogP contribution in [0.1, 0.15) is 18.5 Å². The highest BCUT2D eigenvalue weighted by Crippen LogP contribution is 2.44. The predicted octanol–water partition coefficient (Wildman–Crippen LogP) is 4.68. The maximum absolute atomic E-state index is 6.14. The third-order valence-corrected chi connectivity index (χ3v) is 4.99. The summed E-state index contributed by atoms with van der Waals surface area (Å²) in [6.07, 6.45) is 0. The minimum absolute atomic E-state index is 0.139. The third kappa shape index (κ3) is 2.19. The summed E-state index contributed by atoms with van der Waals surface area (Å²) in [5, 5.41) is 2.28. The van der Waals surface area contributed by atoms with Gasteiger partial charge in [0.1, 0.15) is 12.4 Å². The average Bonchev–Trinajstić information content (AvgIpc) is 3.05. The van der Waals surface area contributed by atoms with Crippen molar-refractivity contribution in [2.75, 3.05) is 13.2 Å². The second-order valence-corrected chi connectivity index (χ2v) is 6.51. The molecule has 0 amide bonds. The molecule has 1 aliphatic heterocycles. The van der Waals surface area contributed by atoms with Gasteiger partial charge >= 0.3 is 0 Å². The summed E-state index contributed by atoms with van der Waals surface area (Å²) < 4.78 is 8.54. The molecule has 0 radical (unpaired) electrons. The molecule has 1 atom stereocenters. The van der Waals surface area contributed by atoms with Gasteiger partial charge in [-0.05, 0) is 30.7 Å². The zero-order chi connectivity index (χ0) is 17.5. The van der Waals surface area contributed by atoms with E-state index in [1.165, 1.54) is 11.1 Å². The number of aromatic nitrogens is 1. The van der Waals surface area contributed by atoms with Crippen molar-refractivity contribution < 1.29 is 9.57 Å². The summed E-state index contributed by atoms with van der Waals surface area (Å²) in [6.45, 7) is 3.39. The highest BCUT2D eigenvalue weighted by Gasteiger charge is 2.28. The van der Waals surface area contributed by atoms with Gasteiger partial charge in [0, 0.05) is 11.9 Å². The van der Waals surface area contributed by atoms with Crippen LogP contribution in [0.3, 0.4) is 0 Å². The van der Waals surface area contributed by atoms with Crippen LogP contribution in [0.15, 0.2) is 66.7 Å². The standard InChI is InChI=1S/C22H20N2O2/c1-2-23-26-19-12-7-11-17-21(19)16-10-6-13-20-22(16)24(17)18(14-25-20)15-8-4-3-5-9-15/h3-13,18,23H,2,14H2,1H3. The Bertz CT molecular complexity index is 1090. The number of fused-ring (bicyclic) bond motifs is 3. The summed E-state index contributed by atoms with van der Waals surface area (Å²) in [4.78, 5) is 5.83. The Kier molecular flexibility index (Phi) is 3.57. The molecule has 1 aromatic heterocycles. The molecule has 0 aliphatic carbocycles. The highest BCUT2D eigenvalue weighted by atomic mass is 16.6. The van der Waals surface area contributed by atoms with E-state index in [1.54, 1.807) is 0 Å². The first-order chi connectivity index (χ1) is 12.9. The van der Waals surface area contributed by atoms with E-state index in [1.807, 2.05) is 31.2 Å². The number of hydroxylamine groups is 1. The smallest absolute Gasteiger partial charge is 0.157 e. The Morgan fingerprint density at radius 2 is 1.88 bits per heavy atom. The van der Waals surface area contributed by atoms with Crippen LogP contribution in [-0.2, 0) is 0 Å². The zero-order valence-corrected chi connectivity index (χ0v) is 14.6. The Hall–Kier alpha value is -2.98. The molecular weight excluding hydrogens is 324 g/mol. The van der Waals surface area contributed by atoms with E-state index in [9.17, 15) is 0 Å². The maximum atomic E-state index is 6.14. The van der Waals surface area contributed by atoms with Crippen molar-refractivity contribution in [3.63, 3.8) is 0 Å². The van der Waals surface area contributed by atoms with Crippen molar-refractivity contribution in [3.8, 4) is 11.5 Å². The molecule has 1 aliphatic rings. The van der Waals surface area contributed by atoms with Crippen LogP contribution >= 0.6 is 0 Å². The molecule has 4 heteroatoms. The van der Waals surface area contributed by atoms with Crippen LogP contribution in [0.25, 0.3) is 21.8 Å². The van der Waals surface area contributed by atoms with Crippen LogP contribution in [0.4, 0.5) is 0 Å². The number of benzene rings is 3. The molecule has 0 spiro atoms. The molecule has 1 unspecified atom stereocenters. The number of ether oxygens (including phenoxy) is 1. The van der Waals surface area contributed by atoms with Crippen molar-refractivity contribution in [2.45, 2.75) is 13.0 Å². The van der Waals surface area contributed by atoms with Gasteiger partial charge in [-0.25, -0.2) is 0 Å². The van der Waals surface area contributed by atoms with E-state index in [2.05, 4.69) is 52.5 Å². The lowest BCUT2D eigenvalue weighted by molar-refractivity contribution is 0.205. The highest BCUT2D eigenvalue weighted by molar-refractivity contribution is 6.13. The summed E-state index contributed by atoms with van der Waals surface area (Å²) in [5.74, 6) is 1.78. The third-order valence-electron chi connectivity index (χ3n) is 4.99. The van der Waals surface area contributed by atoms with Gasteiger partial charge in [0.2, 0.25) is 0 Å². The van der Waals surface area contributed by atoms with Crippen LogP contribution in [0.2, 0.25) is 0 Å². The number of hydrogen-bond acceptors (Lipinski definition) is 3. The van der Waals surface area contributed by atoms with Crippen LogP contribution < -0.4 is 15.1 Å². The van der Waals surface area contributed by atoms with Gasteiger partial charge in [-0.3, -0.25) is 0 Å². The van der Waals surface area contributed by atoms with Gasteiger partial charge in [0.15, 0.2) is 5.75 Å². The molecule has 3 aromatic carbocycles. The topological polar surface area (TPSA) is 35.4 Å². The molecule has 0 bridgehead atoms. The summed E-state index contributed by atoms with van der Waals surface area (Å²) in [6, 6.07) is 23.2. The average molecular weight is 344 g/mol. The summed E-state index contributed by atoms with van der Waals surface area (Å²) >= 11 is 0. The van der Waals surface area contributed by atoms with Gasteiger partial charge in [-0.15, -0.1) is 0 Å². The number of rotatable bonds is 4. The first-order valence-electron chi connectivity index (χ1n) is 9.01. The molecule has 2 heterocycles. The molecule has 130 valence electrons. The number of hydrogen-bond donors (Lipinski definition) is 1.